The monoisotopic (exact) mass is 377 g/mol. The number of rotatable bonds is 2. The number of carbonyl (C=O) groups excluding carboxylic acids is 1. The molecule has 118 valence electrons. The summed E-state index contributed by atoms with van der Waals surface area (Å²) in [6, 6.07) is 20.8. The highest BCUT2D eigenvalue weighted by Gasteiger charge is 2.32. The Bertz CT molecular complexity index is 837. The summed E-state index contributed by atoms with van der Waals surface area (Å²) in [5.41, 5.74) is 6.80. The second-order valence-corrected chi connectivity index (χ2v) is 6.63. The van der Waals surface area contributed by atoms with Crippen LogP contribution in [0.15, 0.2) is 89.7 Å². The molecule has 24 heavy (non-hydrogen) atoms. The van der Waals surface area contributed by atoms with E-state index in [1.165, 1.54) is 22.3 Å². The fourth-order valence-corrected chi connectivity index (χ4v) is 3.95. The number of amides is 1. The van der Waals surface area contributed by atoms with Crippen LogP contribution in [-0.4, -0.2) is 9.83 Å². The normalized spacial score (nSPS) is 16.6. The van der Waals surface area contributed by atoms with Crippen LogP contribution in [0.4, 0.5) is 0 Å². The minimum atomic E-state index is 0.0875. The Morgan fingerprint density at radius 3 is 2.08 bits per heavy atom. The van der Waals surface area contributed by atoms with Crippen LogP contribution in [-0.2, 0) is 4.79 Å². The molecule has 4 rings (SSSR count). The van der Waals surface area contributed by atoms with Crippen LogP contribution in [0.25, 0.3) is 5.57 Å². The van der Waals surface area contributed by atoms with Gasteiger partial charge >= 0.3 is 0 Å². The molecule has 3 heteroatoms. The van der Waals surface area contributed by atoms with Gasteiger partial charge in [0.1, 0.15) is 0 Å². The van der Waals surface area contributed by atoms with E-state index >= 15 is 0 Å². The van der Waals surface area contributed by atoms with Crippen LogP contribution in [0.5, 0.6) is 0 Å². The summed E-state index contributed by atoms with van der Waals surface area (Å²) >= 11 is 3.46. The van der Waals surface area contributed by atoms with Gasteiger partial charge in [-0.15, -0.1) is 0 Å². The third-order valence-electron chi connectivity index (χ3n) is 4.41. The largest absolute Gasteiger partial charge is 0.273 e. The first kappa shape index (κ1) is 15.2. The number of carbonyl (C=O) groups is 1. The van der Waals surface area contributed by atoms with Gasteiger partial charge in [0, 0.05) is 0 Å². The van der Waals surface area contributed by atoms with E-state index in [0.29, 0.717) is 6.42 Å². The molecule has 1 aliphatic carbocycles. The summed E-state index contributed by atoms with van der Waals surface area (Å²) < 4.78 is 1.63. The molecule has 0 saturated carbocycles. The van der Waals surface area contributed by atoms with E-state index in [1.54, 1.807) is 3.93 Å². The SMILES string of the molecule is O=C1CC2=C(C(=C(c3ccccc3)c3ccccc3)CC=C2)N1Br. The maximum atomic E-state index is 12.2. The van der Waals surface area contributed by atoms with Crippen molar-refractivity contribution in [3.8, 4) is 0 Å². The zero-order chi connectivity index (χ0) is 16.5. The molecule has 1 amide bonds. The highest BCUT2D eigenvalue weighted by Crippen LogP contribution is 2.42. The van der Waals surface area contributed by atoms with Gasteiger partial charge in [-0.2, -0.15) is 0 Å². The fraction of sp³-hybridized carbons (Fsp3) is 0.0952. The highest BCUT2D eigenvalue weighted by atomic mass is 79.9. The average molecular weight is 378 g/mol. The molecule has 0 atom stereocenters. The standard InChI is InChI=1S/C21H16BrNO/c22-23-19(24)14-17-12-7-13-18(21(17)23)20(15-8-3-1-4-9-15)16-10-5-2-6-11-16/h1-12H,13-14H2. The predicted molar refractivity (Wildman–Crippen MR) is 100 cm³/mol. The first-order chi connectivity index (χ1) is 11.8. The molecule has 1 aliphatic heterocycles. The van der Waals surface area contributed by atoms with E-state index in [9.17, 15) is 4.79 Å². The maximum absolute atomic E-state index is 12.2. The van der Waals surface area contributed by atoms with Gasteiger partial charge in [0.05, 0.1) is 28.3 Å². The van der Waals surface area contributed by atoms with Crippen molar-refractivity contribution in [3.63, 3.8) is 0 Å². The van der Waals surface area contributed by atoms with E-state index in [4.69, 9.17) is 0 Å². The third-order valence-corrected chi connectivity index (χ3v) is 5.16. The summed E-state index contributed by atoms with van der Waals surface area (Å²) in [5.74, 6) is 0.0875. The van der Waals surface area contributed by atoms with Gasteiger partial charge in [0.2, 0.25) is 5.91 Å². The number of hydrogen-bond donors (Lipinski definition) is 0. The lowest BCUT2D eigenvalue weighted by atomic mass is 9.87. The molecule has 2 aromatic rings. The van der Waals surface area contributed by atoms with Crippen LogP contribution in [0, 0.1) is 0 Å². The Labute approximate surface area is 150 Å². The maximum Gasteiger partial charge on any atom is 0.241 e. The summed E-state index contributed by atoms with van der Waals surface area (Å²) in [6.45, 7) is 0. The molecule has 0 N–H and O–H groups in total. The zero-order valence-electron chi connectivity index (χ0n) is 13.1. The predicted octanol–water partition coefficient (Wildman–Crippen LogP) is 5.24. The smallest absolute Gasteiger partial charge is 0.241 e. The topological polar surface area (TPSA) is 20.3 Å². The summed E-state index contributed by atoms with van der Waals surface area (Å²) in [7, 11) is 0. The Balaban J connectivity index is 1.98. The van der Waals surface area contributed by atoms with Crippen molar-refractivity contribution in [1.82, 2.24) is 3.93 Å². The Hall–Kier alpha value is -2.39. The van der Waals surface area contributed by atoms with E-state index < -0.39 is 0 Å². The lowest BCUT2D eigenvalue weighted by Crippen LogP contribution is -2.15. The Morgan fingerprint density at radius 2 is 1.50 bits per heavy atom. The van der Waals surface area contributed by atoms with E-state index in [1.807, 2.05) is 12.1 Å². The Kier molecular flexibility index (Phi) is 3.95. The second-order valence-electron chi connectivity index (χ2n) is 5.92. The van der Waals surface area contributed by atoms with Crippen LogP contribution in [0.1, 0.15) is 24.0 Å². The van der Waals surface area contributed by atoms with Gasteiger partial charge in [-0.25, -0.2) is 3.93 Å². The molecular weight excluding hydrogens is 362 g/mol. The number of halogens is 1. The second kappa shape index (κ2) is 6.25. The van der Waals surface area contributed by atoms with Crippen molar-refractivity contribution in [1.29, 1.82) is 0 Å². The van der Waals surface area contributed by atoms with Crippen molar-refractivity contribution < 1.29 is 4.79 Å². The van der Waals surface area contributed by atoms with Gasteiger partial charge in [-0.3, -0.25) is 4.79 Å². The molecule has 1 heterocycles. The molecule has 2 aliphatic rings. The summed E-state index contributed by atoms with van der Waals surface area (Å²) in [5, 5.41) is 0. The molecule has 0 unspecified atom stereocenters. The zero-order valence-corrected chi connectivity index (χ0v) is 14.7. The van der Waals surface area contributed by atoms with Crippen LogP contribution in [0.2, 0.25) is 0 Å². The fourth-order valence-electron chi connectivity index (χ4n) is 3.38. The van der Waals surface area contributed by atoms with Gasteiger partial charge in [0.15, 0.2) is 0 Å². The summed E-state index contributed by atoms with van der Waals surface area (Å²) in [4.78, 5) is 12.2. The van der Waals surface area contributed by atoms with E-state index in [2.05, 4.69) is 76.8 Å². The lowest BCUT2D eigenvalue weighted by molar-refractivity contribution is -0.122. The van der Waals surface area contributed by atoms with Crippen molar-refractivity contribution in [3.05, 3.63) is 101 Å². The summed E-state index contributed by atoms with van der Waals surface area (Å²) in [6.07, 6.45) is 5.50. The number of benzene rings is 2. The van der Waals surface area contributed by atoms with Crippen LogP contribution < -0.4 is 0 Å². The first-order valence-corrected chi connectivity index (χ1v) is 8.69. The quantitative estimate of drug-likeness (QED) is 0.654. The molecule has 2 nitrogen and oxygen atoms in total. The van der Waals surface area contributed by atoms with Gasteiger partial charge in [-0.05, 0) is 34.3 Å². The molecule has 0 bridgehead atoms. The van der Waals surface area contributed by atoms with Crippen molar-refractivity contribution in [2.75, 3.05) is 0 Å². The Morgan fingerprint density at radius 1 is 0.917 bits per heavy atom. The minimum absolute atomic E-state index is 0.0875. The molecule has 0 saturated heterocycles. The van der Waals surface area contributed by atoms with Crippen LogP contribution in [0.3, 0.4) is 0 Å². The molecule has 2 aromatic carbocycles. The van der Waals surface area contributed by atoms with Gasteiger partial charge < -0.3 is 0 Å². The minimum Gasteiger partial charge on any atom is -0.273 e. The van der Waals surface area contributed by atoms with E-state index in [-0.39, 0.29) is 5.91 Å². The van der Waals surface area contributed by atoms with Crippen molar-refractivity contribution in [2.45, 2.75) is 12.8 Å². The van der Waals surface area contributed by atoms with Crippen molar-refractivity contribution in [2.24, 2.45) is 0 Å². The average Bonchev–Trinajstić information content (AvgIpc) is 2.92. The van der Waals surface area contributed by atoms with Gasteiger partial charge in [0.25, 0.3) is 0 Å². The molecule has 0 aromatic heterocycles. The van der Waals surface area contributed by atoms with Gasteiger partial charge in [-0.1, -0.05) is 72.8 Å². The number of hydrogen-bond acceptors (Lipinski definition) is 1. The lowest BCUT2D eigenvalue weighted by Gasteiger charge is -2.22. The molecule has 0 radical (unpaired) electrons. The number of allylic oxidation sites excluding steroid dienone is 3. The first-order valence-electron chi connectivity index (χ1n) is 7.98. The van der Waals surface area contributed by atoms with Crippen LogP contribution >= 0.6 is 16.1 Å². The molecular formula is C21H16BrNO. The van der Waals surface area contributed by atoms with E-state index in [0.717, 1.165) is 17.7 Å². The molecule has 0 spiro atoms. The number of nitrogens with zero attached hydrogens (tertiary/aromatic N) is 1. The third kappa shape index (κ3) is 2.55. The van der Waals surface area contributed by atoms with Crippen molar-refractivity contribution >= 4 is 27.6 Å². The highest BCUT2D eigenvalue weighted by molar-refractivity contribution is 9.07. The molecule has 0 fully saturated rings.